The second kappa shape index (κ2) is 14.1. The number of hydrogen-bond donors (Lipinski definition) is 3. The number of amides is 1. The van der Waals surface area contributed by atoms with Crippen molar-refractivity contribution in [3.05, 3.63) is 48.3 Å². The van der Waals surface area contributed by atoms with Gasteiger partial charge in [0.05, 0.1) is 6.54 Å². The molecular weight excluding hydrogens is 517 g/mol. The van der Waals surface area contributed by atoms with Gasteiger partial charge in [-0.3, -0.25) is 9.48 Å². The molecule has 9 heteroatoms. The minimum Gasteiger partial charge on any atom is -0.357 e. The van der Waals surface area contributed by atoms with Crippen LogP contribution in [0.5, 0.6) is 0 Å². The Morgan fingerprint density at radius 2 is 2.03 bits per heavy atom. The average molecular weight is 553 g/mol. The number of benzene rings is 1. The van der Waals surface area contributed by atoms with E-state index in [2.05, 4.69) is 39.8 Å². The lowest BCUT2D eigenvalue weighted by atomic mass is 10.1. The lowest BCUT2D eigenvalue weighted by Crippen LogP contribution is -2.48. The van der Waals surface area contributed by atoms with Gasteiger partial charge in [-0.1, -0.05) is 19.1 Å². The summed E-state index contributed by atoms with van der Waals surface area (Å²) in [6.45, 7) is 9.36. The molecule has 1 amide bonds. The first-order valence-corrected chi connectivity index (χ1v) is 11.3. The molecule has 1 aliphatic heterocycles. The highest BCUT2D eigenvalue weighted by atomic mass is 127. The van der Waals surface area contributed by atoms with Crippen LogP contribution in [-0.2, 0) is 17.9 Å². The van der Waals surface area contributed by atoms with Crippen LogP contribution in [0.1, 0.15) is 38.7 Å². The van der Waals surface area contributed by atoms with E-state index in [0.717, 1.165) is 49.7 Å². The van der Waals surface area contributed by atoms with E-state index >= 15 is 0 Å². The fourth-order valence-corrected chi connectivity index (χ4v) is 3.79. The summed E-state index contributed by atoms with van der Waals surface area (Å²) in [6.07, 6.45) is 6.93. The molecule has 1 aromatic heterocycles. The van der Waals surface area contributed by atoms with Crippen LogP contribution in [0.4, 0.5) is 5.69 Å². The van der Waals surface area contributed by atoms with E-state index in [-0.39, 0.29) is 36.4 Å². The number of aromatic nitrogens is 2. The summed E-state index contributed by atoms with van der Waals surface area (Å²) < 4.78 is 1.60. The summed E-state index contributed by atoms with van der Waals surface area (Å²) in [6, 6.07) is 10.1. The smallest absolute Gasteiger partial charge is 0.246 e. The molecule has 2 heterocycles. The SMILES string of the molecule is CCCN1CCC(NC(=NCc2cccc(NC(=O)Cn3cccn3)c2)NCC)CC1.I. The molecular formula is C23H36IN7O. The number of carbonyl (C=O) groups excluding carboxylic acids is 1. The molecule has 0 atom stereocenters. The minimum absolute atomic E-state index is 0. The molecule has 0 radical (unpaired) electrons. The molecule has 3 rings (SSSR count). The van der Waals surface area contributed by atoms with Crippen molar-refractivity contribution in [2.24, 2.45) is 4.99 Å². The third kappa shape index (κ3) is 8.78. The number of nitrogens with one attached hydrogen (secondary N) is 3. The molecule has 1 fully saturated rings. The van der Waals surface area contributed by atoms with Gasteiger partial charge in [-0.2, -0.15) is 5.10 Å². The third-order valence-electron chi connectivity index (χ3n) is 5.31. The second-order valence-electron chi connectivity index (χ2n) is 7.91. The van der Waals surface area contributed by atoms with Crippen molar-refractivity contribution in [3.63, 3.8) is 0 Å². The number of nitrogens with zero attached hydrogens (tertiary/aromatic N) is 4. The van der Waals surface area contributed by atoms with Crippen LogP contribution in [0.2, 0.25) is 0 Å². The zero-order valence-corrected chi connectivity index (χ0v) is 21.4. The van der Waals surface area contributed by atoms with Crippen LogP contribution in [0.15, 0.2) is 47.7 Å². The zero-order chi connectivity index (χ0) is 21.9. The van der Waals surface area contributed by atoms with E-state index in [1.54, 1.807) is 23.1 Å². The quantitative estimate of drug-likeness (QED) is 0.253. The predicted molar refractivity (Wildman–Crippen MR) is 140 cm³/mol. The van der Waals surface area contributed by atoms with Crippen molar-refractivity contribution in [2.45, 2.75) is 52.2 Å². The maximum Gasteiger partial charge on any atom is 0.246 e. The number of rotatable bonds is 9. The number of carbonyl (C=O) groups is 1. The first-order chi connectivity index (χ1) is 15.2. The third-order valence-corrected chi connectivity index (χ3v) is 5.31. The fourth-order valence-electron chi connectivity index (χ4n) is 3.79. The molecule has 0 bridgehead atoms. The maximum absolute atomic E-state index is 12.2. The van der Waals surface area contributed by atoms with Gasteiger partial charge in [0.25, 0.3) is 0 Å². The standard InChI is InChI=1S/C23H35N7O.HI/c1-3-12-29-14-9-20(10-15-29)28-23(24-4-2)25-17-19-7-5-8-21(16-19)27-22(31)18-30-13-6-11-26-30;/h5-8,11,13,16,20H,3-4,9-10,12,14-15,17-18H2,1-2H3,(H,27,31)(H2,24,25,28);1H. The first kappa shape index (κ1) is 26.1. The molecule has 1 aromatic carbocycles. The predicted octanol–water partition coefficient (Wildman–Crippen LogP) is 3.07. The number of hydrogen-bond acceptors (Lipinski definition) is 4. The Labute approximate surface area is 208 Å². The highest BCUT2D eigenvalue weighted by molar-refractivity contribution is 14.0. The molecule has 0 aliphatic carbocycles. The van der Waals surface area contributed by atoms with Gasteiger partial charge in [-0.25, -0.2) is 4.99 Å². The number of guanidine groups is 1. The molecule has 0 saturated carbocycles. The highest BCUT2D eigenvalue weighted by Crippen LogP contribution is 2.13. The van der Waals surface area contributed by atoms with Gasteiger partial charge >= 0.3 is 0 Å². The van der Waals surface area contributed by atoms with E-state index in [9.17, 15) is 4.79 Å². The highest BCUT2D eigenvalue weighted by Gasteiger charge is 2.19. The Hall–Kier alpha value is -2.14. The number of piperidine rings is 1. The number of anilines is 1. The Morgan fingerprint density at radius 1 is 1.22 bits per heavy atom. The molecule has 3 N–H and O–H groups in total. The molecule has 176 valence electrons. The molecule has 2 aromatic rings. The van der Waals surface area contributed by atoms with Crippen molar-refractivity contribution in [1.29, 1.82) is 0 Å². The van der Waals surface area contributed by atoms with E-state index < -0.39 is 0 Å². The van der Waals surface area contributed by atoms with Gasteiger partial charge in [0.2, 0.25) is 5.91 Å². The summed E-state index contributed by atoms with van der Waals surface area (Å²) in [5.41, 5.74) is 1.82. The maximum atomic E-state index is 12.2. The summed E-state index contributed by atoms with van der Waals surface area (Å²) in [5, 5.41) is 13.9. The van der Waals surface area contributed by atoms with Crippen molar-refractivity contribution < 1.29 is 4.79 Å². The van der Waals surface area contributed by atoms with Crippen LogP contribution in [0.25, 0.3) is 0 Å². The van der Waals surface area contributed by atoms with Crippen LogP contribution < -0.4 is 16.0 Å². The van der Waals surface area contributed by atoms with E-state index in [4.69, 9.17) is 4.99 Å². The summed E-state index contributed by atoms with van der Waals surface area (Å²) >= 11 is 0. The lowest BCUT2D eigenvalue weighted by Gasteiger charge is -2.32. The minimum atomic E-state index is -0.103. The van der Waals surface area contributed by atoms with Gasteiger partial charge in [0, 0.05) is 43.8 Å². The molecule has 1 aliphatic rings. The summed E-state index contributed by atoms with van der Waals surface area (Å²) in [5.74, 6) is 0.748. The normalized spacial score (nSPS) is 15.1. The molecule has 32 heavy (non-hydrogen) atoms. The molecule has 1 saturated heterocycles. The van der Waals surface area contributed by atoms with Crippen LogP contribution >= 0.6 is 24.0 Å². The van der Waals surface area contributed by atoms with Crippen LogP contribution in [0.3, 0.4) is 0 Å². The topological polar surface area (TPSA) is 86.6 Å². The summed E-state index contributed by atoms with van der Waals surface area (Å²) in [4.78, 5) is 19.5. The Kier molecular flexibility index (Phi) is 11.5. The number of likely N-dealkylation sites (tertiary alicyclic amines) is 1. The second-order valence-corrected chi connectivity index (χ2v) is 7.91. The van der Waals surface area contributed by atoms with Crippen LogP contribution in [-0.4, -0.2) is 58.8 Å². The largest absolute Gasteiger partial charge is 0.357 e. The Bertz CT molecular complexity index is 833. The Morgan fingerprint density at radius 3 is 2.72 bits per heavy atom. The monoisotopic (exact) mass is 553 g/mol. The van der Waals surface area contributed by atoms with Crippen LogP contribution in [0, 0.1) is 0 Å². The fraction of sp³-hybridized carbons (Fsp3) is 0.522. The van der Waals surface area contributed by atoms with E-state index in [0.29, 0.717) is 12.6 Å². The summed E-state index contributed by atoms with van der Waals surface area (Å²) in [7, 11) is 0. The van der Waals surface area contributed by atoms with Gasteiger partial charge < -0.3 is 20.9 Å². The Balaban J connectivity index is 0.00000363. The molecule has 0 spiro atoms. The van der Waals surface area contributed by atoms with Crippen molar-refractivity contribution >= 4 is 41.5 Å². The van der Waals surface area contributed by atoms with Gasteiger partial charge in [0.1, 0.15) is 6.54 Å². The van der Waals surface area contributed by atoms with Crippen molar-refractivity contribution in [2.75, 3.05) is 31.5 Å². The number of aliphatic imine (C=N–C) groups is 1. The van der Waals surface area contributed by atoms with Crippen molar-refractivity contribution in [1.82, 2.24) is 25.3 Å². The zero-order valence-electron chi connectivity index (χ0n) is 19.1. The number of halogens is 1. The van der Waals surface area contributed by atoms with E-state index in [1.807, 2.05) is 24.3 Å². The van der Waals surface area contributed by atoms with E-state index in [1.165, 1.54) is 13.0 Å². The molecule has 0 unspecified atom stereocenters. The lowest BCUT2D eigenvalue weighted by molar-refractivity contribution is -0.116. The van der Waals surface area contributed by atoms with Crippen molar-refractivity contribution in [3.8, 4) is 0 Å². The van der Waals surface area contributed by atoms with Gasteiger partial charge in [-0.15, -0.1) is 24.0 Å². The molecule has 8 nitrogen and oxygen atoms in total. The average Bonchev–Trinajstić information content (AvgIpc) is 3.27. The van der Waals surface area contributed by atoms with Gasteiger partial charge in [0.15, 0.2) is 5.96 Å². The first-order valence-electron chi connectivity index (χ1n) is 11.3. The van der Waals surface area contributed by atoms with Gasteiger partial charge in [-0.05, 0) is 56.5 Å².